The molecule has 0 saturated carbocycles. The molecule has 1 N–H and O–H groups in total. The minimum absolute atomic E-state index is 0.364. The summed E-state index contributed by atoms with van der Waals surface area (Å²) < 4.78 is 0. The fraction of sp³-hybridized carbons (Fsp3) is 0.0741. The van der Waals surface area contributed by atoms with E-state index < -0.39 is 5.97 Å². The molecule has 140 valence electrons. The molecule has 0 aliphatic heterocycles. The van der Waals surface area contributed by atoms with Crippen LogP contribution in [0.1, 0.15) is 32.6 Å². The van der Waals surface area contributed by atoms with E-state index in [1.165, 1.54) is 27.8 Å². The summed E-state index contributed by atoms with van der Waals surface area (Å²) in [5.74, 6) is -0.886. The SMILES string of the molecule is O=C(O)c1cccc(Cc2ccccc2)c1-c1cccc2c1Cc1ccccc1-2. The molecule has 0 unspecified atom stereocenters. The number of hydrogen-bond acceptors (Lipinski definition) is 1. The summed E-state index contributed by atoms with van der Waals surface area (Å²) in [7, 11) is 0. The van der Waals surface area contributed by atoms with E-state index in [1.807, 2.05) is 30.3 Å². The molecule has 0 fully saturated rings. The standard InChI is InChI=1S/C27H20O2/c28-27(29)24-15-6-11-20(16-18-8-2-1-3-9-18)26(24)23-14-7-13-22-21-12-5-4-10-19(21)17-25(22)23/h1-15H,16-17H2,(H,28,29). The highest BCUT2D eigenvalue weighted by atomic mass is 16.4. The summed E-state index contributed by atoms with van der Waals surface area (Å²) in [5.41, 5.74) is 9.43. The van der Waals surface area contributed by atoms with Gasteiger partial charge in [0.2, 0.25) is 0 Å². The van der Waals surface area contributed by atoms with Crippen LogP contribution in [0, 0.1) is 0 Å². The second kappa shape index (κ2) is 7.06. The van der Waals surface area contributed by atoms with Gasteiger partial charge in [-0.05, 0) is 57.9 Å². The summed E-state index contributed by atoms with van der Waals surface area (Å²) in [6, 6.07) is 30.5. The fourth-order valence-corrected chi connectivity index (χ4v) is 4.45. The Morgan fingerprint density at radius 3 is 2.24 bits per heavy atom. The molecular weight excluding hydrogens is 356 g/mol. The van der Waals surface area contributed by atoms with E-state index in [0.717, 1.165) is 23.1 Å². The molecule has 4 aromatic rings. The van der Waals surface area contributed by atoms with Gasteiger partial charge >= 0.3 is 5.97 Å². The predicted molar refractivity (Wildman–Crippen MR) is 116 cm³/mol. The van der Waals surface area contributed by atoms with Crippen LogP contribution in [0.4, 0.5) is 0 Å². The zero-order valence-electron chi connectivity index (χ0n) is 15.9. The van der Waals surface area contributed by atoms with Crippen LogP contribution in [0.3, 0.4) is 0 Å². The quantitative estimate of drug-likeness (QED) is 0.405. The molecule has 0 amide bonds. The lowest BCUT2D eigenvalue weighted by Crippen LogP contribution is -2.05. The minimum Gasteiger partial charge on any atom is -0.478 e. The Morgan fingerprint density at radius 1 is 0.724 bits per heavy atom. The summed E-state index contributed by atoms with van der Waals surface area (Å²) in [4.78, 5) is 12.1. The summed E-state index contributed by atoms with van der Waals surface area (Å²) in [6.07, 6.45) is 1.54. The van der Waals surface area contributed by atoms with Crippen LogP contribution in [0.15, 0.2) is 91.0 Å². The number of carbonyl (C=O) groups is 1. The van der Waals surface area contributed by atoms with E-state index in [2.05, 4.69) is 54.6 Å². The molecule has 1 aliphatic carbocycles. The first-order chi connectivity index (χ1) is 14.2. The number of fused-ring (bicyclic) bond motifs is 3. The maximum atomic E-state index is 12.1. The first-order valence-corrected chi connectivity index (χ1v) is 9.82. The third-order valence-electron chi connectivity index (χ3n) is 5.74. The van der Waals surface area contributed by atoms with Crippen molar-refractivity contribution in [3.63, 3.8) is 0 Å². The molecule has 5 rings (SSSR count). The maximum Gasteiger partial charge on any atom is 0.336 e. The maximum absolute atomic E-state index is 12.1. The van der Waals surface area contributed by atoms with E-state index in [9.17, 15) is 9.90 Å². The molecule has 4 aromatic carbocycles. The average molecular weight is 376 g/mol. The average Bonchev–Trinajstić information content (AvgIpc) is 3.13. The molecule has 0 atom stereocenters. The number of hydrogen-bond donors (Lipinski definition) is 1. The molecule has 0 radical (unpaired) electrons. The monoisotopic (exact) mass is 376 g/mol. The van der Waals surface area contributed by atoms with Crippen molar-refractivity contribution in [1.82, 2.24) is 0 Å². The molecule has 0 bridgehead atoms. The second-order valence-electron chi connectivity index (χ2n) is 7.47. The third kappa shape index (κ3) is 3.03. The highest BCUT2D eigenvalue weighted by Crippen LogP contribution is 2.43. The normalized spacial score (nSPS) is 11.7. The van der Waals surface area contributed by atoms with Crippen molar-refractivity contribution in [3.8, 4) is 22.3 Å². The van der Waals surface area contributed by atoms with Crippen molar-refractivity contribution in [2.24, 2.45) is 0 Å². The smallest absolute Gasteiger partial charge is 0.336 e. The number of carboxylic acid groups (broad SMARTS) is 1. The Balaban J connectivity index is 1.72. The number of aromatic carboxylic acids is 1. The Labute approximate surface area is 170 Å². The van der Waals surface area contributed by atoms with Gasteiger partial charge in [-0.15, -0.1) is 0 Å². The van der Waals surface area contributed by atoms with Gasteiger partial charge in [-0.1, -0.05) is 84.9 Å². The summed E-state index contributed by atoms with van der Waals surface area (Å²) in [5, 5.41) is 9.94. The molecule has 0 aromatic heterocycles. The lowest BCUT2D eigenvalue weighted by molar-refractivity contribution is 0.0697. The lowest BCUT2D eigenvalue weighted by Gasteiger charge is -2.16. The van der Waals surface area contributed by atoms with Gasteiger partial charge in [-0.3, -0.25) is 0 Å². The van der Waals surface area contributed by atoms with E-state index in [0.29, 0.717) is 12.0 Å². The fourth-order valence-electron chi connectivity index (χ4n) is 4.45. The predicted octanol–water partition coefficient (Wildman–Crippen LogP) is 6.21. The van der Waals surface area contributed by atoms with Crippen molar-refractivity contribution < 1.29 is 9.90 Å². The largest absolute Gasteiger partial charge is 0.478 e. The van der Waals surface area contributed by atoms with Gasteiger partial charge in [0.25, 0.3) is 0 Å². The summed E-state index contributed by atoms with van der Waals surface area (Å²) >= 11 is 0. The van der Waals surface area contributed by atoms with Gasteiger partial charge in [-0.2, -0.15) is 0 Å². The lowest BCUT2D eigenvalue weighted by atomic mass is 9.87. The van der Waals surface area contributed by atoms with E-state index in [1.54, 1.807) is 6.07 Å². The van der Waals surface area contributed by atoms with Crippen molar-refractivity contribution in [2.45, 2.75) is 12.8 Å². The van der Waals surface area contributed by atoms with Gasteiger partial charge in [0.15, 0.2) is 0 Å². The second-order valence-corrected chi connectivity index (χ2v) is 7.47. The van der Waals surface area contributed by atoms with E-state index in [-0.39, 0.29) is 0 Å². The number of carboxylic acids is 1. The Kier molecular flexibility index (Phi) is 4.25. The molecular formula is C27H20O2. The topological polar surface area (TPSA) is 37.3 Å². The van der Waals surface area contributed by atoms with E-state index >= 15 is 0 Å². The van der Waals surface area contributed by atoms with Crippen LogP contribution in [-0.4, -0.2) is 11.1 Å². The minimum atomic E-state index is -0.886. The first-order valence-electron chi connectivity index (χ1n) is 9.82. The zero-order valence-corrected chi connectivity index (χ0v) is 15.9. The van der Waals surface area contributed by atoms with Crippen LogP contribution in [0.2, 0.25) is 0 Å². The highest BCUT2D eigenvalue weighted by Gasteiger charge is 2.24. The van der Waals surface area contributed by atoms with Crippen LogP contribution in [0.5, 0.6) is 0 Å². The van der Waals surface area contributed by atoms with Crippen LogP contribution in [-0.2, 0) is 12.8 Å². The van der Waals surface area contributed by atoms with Crippen LogP contribution < -0.4 is 0 Å². The molecule has 0 spiro atoms. The number of rotatable bonds is 4. The van der Waals surface area contributed by atoms with Gasteiger partial charge < -0.3 is 5.11 Å². The number of benzene rings is 4. The Morgan fingerprint density at radius 2 is 1.41 bits per heavy atom. The van der Waals surface area contributed by atoms with Crippen molar-refractivity contribution in [2.75, 3.05) is 0 Å². The van der Waals surface area contributed by atoms with Gasteiger partial charge in [0, 0.05) is 5.56 Å². The van der Waals surface area contributed by atoms with Gasteiger partial charge in [-0.25, -0.2) is 4.79 Å². The van der Waals surface area contributed by atoms with Crippen LogP contribution in [0.25, 0.3) is 22.3 Å². The molecule has 2 heteroatoms. The Bertz CT molecular complexity index is 1220. The third-order valence-corrected chi connectivity index (χ3v) is 5.74. The molecule has 0 heterocycles. The van der Waals surface area contributed by atoms with Gasteiger partial charge in [0.05, 0.1) is 5.56 Å². The summed E-state index contributed by atoms with van der Waals surface area (Å²) in [6.45, 7) is 0. The van der Waals surface area contributed by atoms with Crippen molar-refractivity contribution in [3.05, 3.63) is 119 Å². The van der Waals surface area contributed by atoms with Gasteiger partial charge in [0.1, 0.15) is 0 Å². The molecule has 1 aliphatic rings. The molecule has 0 saturated heterocycles. The Hall–Kier alpha value is -3.65. The van der Waals surface area contributed by atoms with E-state index in [4.69, 9.17) is 0 Å². The van der Waals surface area contributed by atoms with Crippen molar-refractivity contribution >= 4 is 5.97 Å². The van der Waals surface area contributed by atoms with Crippen LogP contribution >= 0.6 is 0 Å². The first kappa shape index (κ1) is 17.4. The molecule has 29 heavy (non-hydrogen) atoms. The molecule has 2 nitrogen and oxygen atoms in total. The van der Waals surface area contributed by atoms with Crippen molar-refractivity contribution in [1.29, 1.82) is 0 Å². The zero-order chi connectivity index (χ0) is 19.8. The highest BCUT2D eigenvalue weighted by molar-refractivity contribution is 5.99.